The van der Waals surface area contributed by atoms with E-state index in [4.69, 9.17) is 9.15 Å². The standard InChI is InChI=1S/C29H25NO6S/c1-29(2,3)36-28(32)27-25(21(17-24(31)35-27)20-13-8-5-9-14-20)26-22(30(33)34)15-10-16-23(26)37-18-19-11-6-4-7-12-19/h4-17H,18H2,1-3H3. The lowest BCUT2D eigenvalue weighted by Gasteiger charge is -2.21. The Morgan fingerprint density at radius 1 is 0.946 bits per heavy atom. The van der Waals surface area contributed by atoms with Crippen molar-refractivity contribution in [2.24, 2.45) is 0 Å². The number of carbonyl (C=O) groups excluding carboxylic acids is 1. The molecule has 0 atom stereocenters. The van der Waals surface area contributed by atoms with Gasteiger partial charge in [0.15, 0.2) is 0 Å². The molecule has 0 saturated carbocycles. The highest BCUT2D eigenvalue weighted by Gasteiger charge is 2.32. The van der Waals surface area contributed by atoms with Gasteiger partial charge in [-0.2, -0.15) is 0 Å². The van der Waals surface area contributed by atoms with E-state index in [1.807, 2.05) is 36.4 Å². The predicted molar refractivity (Wildman–Crippen MR) is 144 cm³/mol. The second kappa shape index (κ2) is 10.8. The van der Waals surface area contributed by atoms with Crippen molar-refractivity contribution in [1.29, 1.82) is 0 Å². The Balaban J connectivity index is 2.02. The van der Waals surface area contributed by atoms with Crippen LogP contribution in [0.25, 0.3) is 22.3 Å². The van der Waals surface area contributed by atoms with E-state index in [0.29, 0.717) is 21.8 Å². The van der Waals surface area contributed by atoms with Crippen molar-refractivity contribution in [2.75, 3.05) is 0 Å². The Bertz CT molecular complexity index is 1490. The molecule has 0 saturated heterocycles. The van der Waals surface area contributed by atoms with Crippen molar-refractivity contribution in [3.8, 4) is 22.3 Å². The van der Waals surface area contributed by atoms with Crippen molar-refractivity contribution < 1.29 is 18.9 Å². The Labute approximate surface area is 218 Å². The molecule has 0 spiro atoms. The highest BCUT2D eigenvalue weighted by Crippen LogP contribution is 2.45. The summed E-state index contributed by atoms with van der Waals surface area (Å²) in [5, 5.41) is 12.2. The van der Waals surface area contributed by atoms with E-state index in [0.717, 1.165) is 5.56 Å². The number of ether oxygens (including phenoxy) is 1. The number of thioether (sulfide) groups is 1. The summed E-state index contributed by atoms with van der Waals surface area (Å²) in [6.07, 6.45) is 0. The van der Waals surface area contributed by atoms with Gasteiger partial charge in [0.2, 0.25) is 5.76 Å². The van der Waals surface area contributed by atoms with Crippen LogP contribution in [0.2, 0.25) is 0 Å². The third-order valence-electron chi connectivity index (χ3n) is 5.32. The minimum Gasteiger partial charge on any atom is -0.454 e. The summed E-state index contributed by atoms with van der Waals surface area (Å²) in [6, 6.07) is 24.6. The van der Waals surface area contributed by atoms with Gasteiger partial charge < -0.3 is 9.15 Å². The van der Waals surface area contributed by atoms with E-state index >= 15 is 0 Å². The van der Waals surface area contributed by atoms with Crippen molar-refractivity contribution in [1.82, 2.24) is 0 Å². The van der Waals surface area contributed by atoms with Gasteiger partial charge in [-0.25, -0.2) is 9.59 Å². The molecule has 1 aromatic heterocycles. The third kappa shape index (κ3) is 6.16. The molecule has 3 aromatic carbocycles. The molecule has 7 nitrogen and oxygen atoms in total. The largest absolute Gasteiger partial charge is 0.454 e. The second-order valence-electron chi connectivity index (χ2n) is 9.23. The van der Waals surface area contributed by atoms with Gasteiger partial charge in [0.25, 0.3) is 5.69 Å². The van der Waals surface area contributed by atoms with E-state index in [1.54, 1.807) is 57.2 Å². The van der Waals surface area contributed by atoms with Crippen molar-refractivity contribution in [3.05, 3.63) is 117 Å². The maximum absolute atomic E-state index is 13.3. The lowest BCUT2D eigenvalue weighted by molar-refractivity contribution is -0.384. The van der Waals surface area contributed by atoms with Crippen LogP contribution in [0.5, 0.6) is 0 Å². The highest BCUT2D eigenvalue weighted by molar-refractivity contribution is 7.98. The molecule has 0 aliphatic heterocycles. The molecule has 0 bridgehead atoms. The van der Waals surface area contributed by atoms with Crippen LogP contribution in [0.4, 0.5) is 5.69 Å². The van der Waals surface area contributed by atoms with Crippen LogP contribution < -0.4 is 5.63 Å². The topological polar surface area (TPSA) is 99.7 Å². The number of nitro benzene ring substituents is 1. The second-order valence-corrected chi connectivity index (χ2v) is 10.2. The zero-order chi connectivity index (χ0) is 26.6. The minimum absolute atomic E-state index is 0.142. The molecule has 0 radical (unpaired) electrons. The van der Waals surface area contributed by atoms with Gasteiger partial charge in [0, 0.05) is 33.9 Å². The molecular formula is C29H25NO6S. The zero-order valence-corrected chi connectivity index (χ0v) is 21.4. The van der Waals surface area contributed by atoms with Gasteiger partial charge in [-0.3, -0.25) is 10.1 Å². The van der Waals surface area contributed by atoms with Gasteiger partial charge in [0.05, 0.1) is 10.5 Å². The number of nitrogens with zero attached hydrogens (tertiary/aromatic N) is 1. The van der Waals surface area contributed by atoms with Crippen LogP contribution >= 0.6 is 11.8 Å². The quantitative estimate of drug-likeness (QED) is 0.112. The Morgan fingerprint density at radius 3 is 2.22 bits per heavy atom. The number of nitro groups is 1. The summed E-state index contributed by atoms with van der Waals surface area (Å²) in [7, 11) is 0. The van der Waals surface area contributed by atoms with Crippen LogP contribution in [-0.2, 0) is 10.5 Å². The number of carbonyl (C=O) groups is 1. The van der Waals surface area contributed by atoms with Crippen LogP contribution in [0.3, 0.4) is 0 Å². The zero-order valence-electron chi connectivity index (χ0n) is 20.6. The fourth-order valence-electron chi connectivity index (χ4n) is 3.83. The molecule has 188 valence electrons. The number of hydrogen-bond acceptors (Lipinski definition) is 7. The van der Waals surface area contributed by atoms with Gasteiger partial charge in [0.1, 0.15) is 5.60 Å². The molecule has 4 aromatic rings. The van der Waals surface area contributed by atoms with Crippen LogP contribution in [0.15, 0.2) is 99.0 Å². The molecule has 8 heteroatoms. The lowest BCUT2D eigenvalue weighted by atomic mass is 9.93. The molecule has 4 rings (SSSR count). The van der Waals surface area contributed by atoms with Gasteiger partial charge in [-0.05, 0) is 38.0 Å². The molecule has 0 fully saturated rings. The maximum atomic E-state index is 13.3. The molecule has 0 unspecified atom stereocenters. The van der Waals surface area contributed by atoms with E-state index in [2.05, 4.69) is 0 Å². The first-order chi connectivity index (χ1) is 17.6. The van der Waals surface area contributed by atoms with Crippen molar-refractivity contribution in [2.45, 2.75) is 37.0 Å². The Kier molecular flexibility index (Phi) is 7.59. The van der Waals surface area contributed by atoms with Crippen LogP contribution in [0, 0.1) is 10.1 Å². The molecule has 0 N–H and O–H groups in total. The summed E-state index contributed by atoms with van der Waals surface area (Å²) >= 11 is 1.39. The summed E-state index contributed by atoms with van der Waals surface area (Å²) in [4.78, 5) is 38.3. The number of rotatable bonds is 7. The molecule has 0 aliphatic carbocycles. The van der Waals surface area contributed by atoms with E-state index in [9.17, 15) is 19.7 Å². The van der Waals surface area contributed by atoms with Crippen LogP contribution in [0.1, 0.15) is 36.9 Å². The molecule has 0 aliphatic rings. The summed E-state index contributed by atoms with van der Waals surface area (Å²) in [6.45, 7) is 5.07. The first kappa shape index (κ1) is 25.9. The van der Waals surface area contributed by atoms with Crippen molar-refractivity contribution >= 4 is 23.4 Å². The average molecular weight is 516 g/mol. The fourth-order valence-corrected chi connectivity index (χ4v) is 4.87. The Hall–Kier alpha value is -4.17. The summed E-state index contributed by atoms with van der Waals surface area (Å²) in [5.74, 6) is -0.722. The fraction of sp³-hybridized carbons (Fsp3) is 0.172. The first-order valence-electron chi connectivity index (χ1n) is 11.6. The molecular weight excluding hydrogens is 490 g/mol. The monoisotopic (exact) mass is 515 g/mol. The van der Waals surface area contributed by atoms with Gasteiger partial charge in [-0.1, -0.05) is 66.7 Å². The van der Waals surface area contributed by atoms with Gasteiger partial charge in [-0.15, -0.1) is 11.8 Å². The number of benzene rings is 3. The van der Waals surface area contributed by atoms with E-state index in [1.165, 1.54) is 23.9 Å². The Morgan fingerprint density at radius 2 is 1.59 bits per heavy atom. The average Bonchev–Trinajstić information content (AvgIpc) is 2.87. The lowest BCUT2D eigenvalue weighted by Crippen LogP contribution is -2.25. The predicted octanol–water partition coefficient (Wildman–Crippen LogP) is 7.13. The number of esters is 1. The normalized spacial score (nSPS) is 11.2. The van der Waals surface area contributed by atoms with Gasteiger partial charge >= 0.3 is 11.6 Å². The summed E-state index contributed by atoms with van der Waals surface area (Å²) < 4.78 is 11.0. The SMILES string of the molecule is CC(C)(C)OC(=O)c1oc(=O)cc(-c2ccccc2)c1-c1c(SCc2ccccc2)cccc1[N+](=O)[O-]. The van der Waals surface area contributed by atoms with E-state index in [-0.39, 0.29) is 22.6 Å². The highest BCUT2D eigenvalue weighted by atomic mass is 32.2. The smallest absolute Gasteiger partial charge is 0.375 e. The maximum Gasteiger partial charge on any atom is 0.375 e. The molecule has 1 heterocycles. The summed E-state index contributed by atoms with van der Waals surface area (Å²) in [5.41, 5.74) is 0.443. The molecule has 37 heavy (non-hydrogen) atoms. The van der Waals surface area contributed by atoms with E-state index < -0.39 is 22.1 Å². The minimum atomic E-state index is -0.886. The van der Waals surface area contributed by atoms with Crippen LogP contribution in [-0.4, -0.2) is 16.5 Å². The number of hydrogen-bond donors (Lipinski definition) is 0. The molecule has 0 amide bonds. The van der Waals surface area contributed by atoms with Crippen molar-refractivity contribution in [3.63, 3.8) is 0 Å². The first-order valence-corrected chi connectivity index (χ1v) is 12.5. The third-order valence-corrected chi connectivity index (χ3v) is 6.45.